The van der Waals surface area contributed by atoms with Crippen LogP contribution in [-0.4, -0.2) is 60.2 Å². The van der Waals surface area contributed by atoms with Gasteiger partial charge in [0.25, 0.3) is 11.8 Å². The topological polar surface area (TPSA) is 69.7 Å². The van der Waals surface area contributed by atoms with Crippen LogP contribution in [0.25, 0.3) is 0 Å². The standard InChI is InChI=1S/C17H20BrN3O3.ClH/c1-20(12-6-7-19-10-12)15(22)3-2-8-21-16(23)13-5-4-11(18)9-14(13)17(21)24;/h4-5,9,12,19H,2-3,6-8,10H2,1H3;1H. The second-order valence-corrected chi connectivity index (χ2v) is 7.12. The Hall–Kier alpha value is -1.44. The number of rotatable bonds is 5. The fourth-order valence-electron chi connectivity index (χ4n) is 3.20. The highest BCUT2D eigenvalue weighted by atomic mass is 79.9. The summed E-state index contributed by atoms with van der Waals surface area (Å²) in [5, 5.41) is 3.24. The number of imide groups is 1. The highest BCUT2D eigenvalue weighted by Gasteiger charge is 2.35. The molecule has 0 bridgehead atoms. The summed E-state index contributed by atoms with van der Waals surface area (Å²) in [6.07, 6.45) is 1.79. The largest absolute Gasteiger partial charge is 0.341 e. The van der Waals surface area contributed by atoms with Gasteiger partial charge in [0.05, 0.1) is 11.1 Å². The Balaban J connectivity index is 0.00000225. The summed E-state index contributed by atoms with van der Waals surface area (Å²) in [5.41, 5.74) is 0.860. The first-order valence-electron chi connectivity index (χ1n) is 8.11. The first-order valence-corrected chi connectivity index (χ1v) is 8.90. The molecule has 6 nitrogen and oxygen atoms in total. The lowest BCUT2D eigenvalue weighted by atomic mass is 10.1. The molecule has 3 amide bonds. The Morgan fingerprint density at radius 1 is 1.32 bits per heavy atom. The van der Waals surface area contributed by atoms with Crippen molar-refractivity contribution in [1.29, 1.82) is 0 Å². The molecular weight excluding hydrogens is 410 g/mol. The summed E-state index contributed by atoms with van der Waals surface area (Å²) in [5.74, 6) is -0.497. The number of halogens is 2. The third-order valence-electron chi connectivity index (χ3n) is 4.68. The smallest absolute Gasteiger partial charge is 0.261 e. The maximum Gasteiger partial charge on any atom is 0.261 e. The number of benzene rings is 1. The summed E-state index contributed by atoms with van der Waals surface area (Å²) in [6, 6.07) is 5.32. The molecule has 8 heteroatoms. The zero-order valence-electron chi connectivity index (χ0n) is 14.0. The van der Waals surface area contributed by atoms with Crippen molar-refractivity contribution >= 4 is 46.1 Å². The van der Waals surface area contributed by atoms with E-state index < -0.39 is 0 Å². The monoisotopic (exact) mass is 429 g/mol. The first kappa shape index (κ1) is 19.9. The molecule has 0 aromatic heterocycles. The number of fused-ring (bicyclic) bond motifs is 1. The van der Waals surface area contributed by atoms with Gasteiger partial charge in [-0.3, -0.25) is 19.3 Å². The molecule has 0 spiro atoms. The number of likely N-dealkylation sites (N-methyl/N-ethyl adjacent to an activating group) is 1. The Bertz CT molecular complexity index is 692. The summed E-state index contributed by atoms with van der Waals surface area (Å²) < 4.78 is 0.770. The molecule has 2 heterocycles. The van der Waals surface area contributed by atoms with E-state index >= 15 is 0 Å². The van der Waals surface area contributed by atoms with Crippen LogP contribution < -0.4 is 5.32 Å². The molecule has 1 atom stereocenters. The fraction of sp³-hybridized carbons (Fsp3) is 0.471. The average molecular weight is 431 g/mol. The van der Waals surface area contributed by atoms with E-state index in [0.29, 0.717) is 24.0 Å². The van der Waals surface area contributed by atoms with E-state index in [1.165, 1.54) is 4.90 Å². The molecule has 2 aliphatic rings. The Morgan fingerprint density at radius 2 is 2.04 bits per heavy atom. The van der Waals surface area contributed by atoms with Crippen LogP contribution in [0, 0.1) is 0 Å². The number of carbonyl (C=O) groups is 3. The van der Waals surface area contributed by atoms with Crippen molar-refractivity contribution < 1.29 is 14.4 Å². The van der Waals surface area contributed by atoms with E-state index in [9.17, 15) is 14.4 Å². The van der Waals surface area contributed by atoms with E-state index in [2.05, 4.69) is 21.2 Å². The lowest BCUT2D eigenvalue weighted by Crippen LogP contribution is -2.39. The second-order valence-electron chi connectivity index (χ2n) is 6.21. The van der Waals surface area contributed by atoms with Crippen LogP contribution in [0.15, 0.2) is 22.7 Å². The number of nitrogens with zero attached hydrogens (tertiary/aromatic N) is 2. The van der Waals surface area contributed by atoms with Gasteiger partial charge in [-0.2, -0.15) is 0 Å². The molecule has 136 valence electrons. The predicted octanol–water partition coefficient (Wildman–Crippen LogP) is 2.07. The maximum absolute atomic E-state index is 12.4. The van der Waals surface area contributed by atoms with Gasteiger partial charge in [-0.15, -0.1) is 12.4 Å². The molecule has 3 rings (SSSR count). The highest BCUT2D eigenvalue weighted by Crippen LogP contribution is 2.26. The number of hydrogen-bond donors (Lipinski definition) is 1. The van der Waals surface area contributed by atoms with E-state index in [1.54, 1.807) is 23.1 Å². The fourth-order valence-corrected chi connectivity index (χ4v) is 3.57. The number of amides is 3. The quantitative estimate of drug-likeness (QED) is 0.726. The molecule has 1 N–H and O–H groups in total. The minimum atomic E-state index is -0.280. The minimum absolute atomic E-state index is 0. The van der Waals surface area contributed by atoms with Crippen molar-refractivity contribution in [2.45, 2.75) is 25.3 Å². The summed E-state index contributed by atoms with van der Waals surface area (Å²) in [6.45, 7) is 2.04. The average Bonchev–Trinajstić information content (AvgIpc) is 3.17. The van der Waals surface area contributed by atoms with Crippen molar-refractivity contribution in [3.8, 4) is 0 Å². The van der Waals surface area contributed by atoms with E-state index in [-0.39, 0.29) is 42.7 Å². The number of nitrogens with one attached hydrogen (secondary N) is 1. The Morgan fingerprint density at radius 3 is 2.72 bits per heavy atom. The van der Waals surface area contributed by atoms with Crippen LogP contribution in [0.2, 0.25) is 0 Å². The minimum Gasteiger partial charge on any atom is -0.341 e. The van der Waals surface area contributed by atoms with Gasteiger partial charge in [-0.1, -0.05) is 15.9 Å². The zero-order valence-corrected chi connectivity index (χ0v) is 16.4. The molecule has 1 aromatic carbocycles. The molecule has 1 aromatic rings. The van der Waals surface area contributed by atoms with Gasteiger partial charge in [0.15, 0.2) is 0 Å². The summed E-state index contributed by atoms with van der Waals surface area (Å²) >= 11 is 3.31. The van der Waals surface area contributed by atoms with Crippen molar-refractivity contribution in [3.05, 3.63) is 33.8 Å². The van der Waals surface area contributed by atoms with Crippen molar-refractivity contribution in [3.63, 3.8) is 0 Å². The van der Waals surface area contributed by atoms with Crippen LogP contribution >= 0.6 is 28.3 Å². The van der Waals surface area contributed by atoms with Gasteiger partial charge in [0.1, 0.15) is 0 Å². The normalized spacial score (nSPS) is 19.0. The molecule has 25 heavy (non-hydrogen) atoms. The van der Waals surface area contributed by atoms with E-state index in [0.717, 1.165) is 24.0 Å². The van der Waals surface area contributed by atoms with E-state index in [1.807, 2.05) is 7.05 Å². The van der Waals surface area contributed by atoms with Crippen LogP contribution in [0.5, 0.6) is 0 Å². The second kappa shape index (κ2) is 8.29. The predicted molar refractivity (Wildman–Crippen MR) is 100 cm³/mol. The lowest BCUT2D eigenvalue weighted by molar-refractivity contribution is -0.131. The van der Waals surface area contributed by atoms with Crippen LogP contribution in [0.3, 0.4) is 0 Å². The first-order chi connectivity index (χ1) is 11.5. The van der Waals surface area contributed by atoms with E-state index in [4.69, 9.17) is 0 Å². The third kappa shape index (κ3) is 4.04. The lowest BCUT2D eigenvalue weighted by Gasteiger charge is -2.24. The molecule has 0 radical (unpaired) electrons. The number of carbonyl (C=O) groups excluding carboxylic acids is 3. The Labute approximate surface area is 161 Å². The molecule has 1 fully saturated rings. The van der Waals surface area contributed by atoms with Gasteiger partial charge in [0.2, 0.25) is 5.91 Å². The van der Waals surface area contributed by atoms with Crippen LogP contribution in [0.1, 0.15) is 40.0 Å². The molecule has 1 saturated heterocycles. The van der Waals surface area contributed by atoms with Gasteiger partial charge in [-0.25, -0.2) is 0 Å². The van der Waals surface area contributed by atoms with Gasteiger partial charge >= 0.3 is 0 Å². The summed E-state index contributed by atoms with van der Waals surface area (Å²) in [4.78, 5) is 39.9. The molecule has 0 saturated carbocycles. The molecule has 2 aliphatic heterocycles. The molecular formula is C17H21BrClN3O3. The van der Waals surface area contributed by atoms with Gasteiger partial charge in [0, 0.05) is 37.1 Å². The molecule has 1 unspecified atom stereocenters. The van der Waals surface area contributed by atoms with Gasteiger partial charge < -0.3 is 10.2 Å². The maximum atomic E-state index is 12.4. The Kier molecular flexibility index (Phi) is 6.59. The van der Waals surface area contributed by atoms with Crippen molar-refractivity contribution in [2.75, 3.05) is 26.7 Å². The third-order valence-corrected chi connectivity index (χ3v) is 5.17. The van der Waals surface area contributed by atoms with Gasteiger partial charge in [-0.05, 0) is 37.6 Å². The van der Waals surface area contributed by atoms with Crippen molar-refractivity contribution in [1.82, 2.24) is 15.1 Å². The highest BCUT2D eigenvalue weighted by molar-refractivity contribution is 9.10. The summed E-state index contributed by atoms with van der Waals surface area (Å²) in [7, 11) is 1.82. The molecule has 0 aliphatic carbocycles. The zero-order chi connectivity index (χ0) is 17.3. The van der Waals surface area contributed by atoms with Crippen LogP contribution in [-0.2, 0) is 4.79 Å². The SMILES string of the molecule is CN(C(=O)CCCN1C(=O)c2ccc(Br)cc2C1=O)C1CCNC1.Cl. The van der Waals surface area contributed by atoms with Crippen molar-refractivity contribution in [2.24, 2.45) is 0 Å². The number of hydrogen-bond acceptors (Lipinski definition) is 4. The van der Waals surface area contributed by atoms with Crippen LogP contribution in [0.4, 0.5) is 0 Å².